The summed E-state index contributed by atoms with van der Waals surface area (Å²) in [5.74, 6) is 0.242. The number of hydrogen-bond acceptors (Lipinski definition) is 1. The molecule has 4 nitrogen and oxygen atoms in total. The van der Waals surface area contributed by atoms with Gasteiger partial charge in [-0.3, -0.25) is 4.79 Å². The summed E-state index contributed by atoms with van der Waals surface area (Å²) < 4.78 is 4.50. The highest BCUT2D eigenvalue weighted by Crippen LogP contribution is 2.12. The van der Waals surface area contributed by atoms with Crippen LogP contribution in [0.1, 0.15) is 97.2 Å². The number of aromatic nitrogens is 2. The topological polar surface area (TPSA) is 46.1 Å². The molecule has 0 saturated carbocycles. The Labute approximate surface area is 160 Å². The van der Waals surface area contributed by atoms with Crippen LogP contribution in [0.25, 0.3) is 0 Å². The van der Waals surface area contributed by atoms with Crippen LogP contribution in [-0.4, -0.2) is 15.6 Å². The van der Waals surface area contributed by atoms with Crippen molar-refractivity contribution in [3.63, 3.8) is 0 Å². The van der Waals surface area contributed by atoms with E-state index in [4.69, 9.17) is 0 Å². The van der Waals surface area contributed by atoms with Crippen LogP contribution >= 0.6 is 0 Å². The van der Waals surface area contributed by atoms with Gasteiger partial charge in [0.25, 0.3) is 5.82 Å². The van der Waals surface area contributed by atoms with Crippen LogP contribution in [0.2, 0.25) is 0 Å². The van der Waals surface area contributed by atoms with E-state index in [1.165, 1.54) is 76.5 Å². The summed E-state index contributed by atoms with van der Waals surface area (Å²) in [6, 6.07) is 0. The standard InChI is InChI=1S/C22H40N2O2/c1-4-6-8-9-10-11-12-13-14-15-21-23(16-7-5-2)17-18-24(21)19-20(3)22(25)26/h17-18,20H,4-16,19H2,1-3H3/p+1. The van der Waals surface area contributed by atoms with Crippen LogP contribution < -0.4 is 4.57 Å². The number of carboxylic acids is 1. The fourth-order valence-corrected chi connectivity index (χ4v) is 3.45. The van der Waals surface area contributed by atoms with E-state index in [1.54, 1.807) is 6.92 Å². The second kappa shape index (κ2) is 13.8. The third-order valence-electron chi connectivity index (χ3n) is 5.24. The van der Waals surface area contributed by atoms with Gasteiger partial charge in [0.1, 0.15) is 18.9 Å². The van der Waals surface area contributed by atoms with E-state index in [0.717, 1.165) is 13.0 Å². The zero-order valence-electron chi connectivity index (χ0n) is 17.4. The van der Waals surface area contributed by atoms with Gasteiger partial charge in [-0.15, -0.1) is 0 Å². The number of imidazole rings is 1. The summed E-state index contributed by atoms with van der Waals surface area (Å²) in [5, 5.41) is 9.21. The molecule has 0 aliphatic rings. The van der Waals surface area contributed by atoms with Crippen molar-refractivity contribution >= 4 is 5.97 Å². The van der Waals surface area contributed by atoms with Crippen LogP contribution in [0.15, 0.2) is 12.4 Å². The molecular formula is C22H41N2O2+. The van der Waals surface area contributed by atoms with Gasteiger partial charge in [0, 0.05) is 6.42 Å². The molecule has 1 rings (SSSR count). The van der Waals surface area contributed by atoms with Crippen LogP contribution in [0.3, 0.4) is 0 Å². The smallest absolute Gasteiger partial charge is 0.310 e. The number of unbranched alkanes of at least 4 members (excludes halogenated alkanes) is 9. The van der Waals surface area contributed by atoms with E-state index in [9.17, 15) is 9.90 Å². The zero-order valence-corrected chi connectivity index (χ0v) is 17.4. The predicted octanol–water partition coefficient (Wildman–Crippen LogP) is 5.37. The maximum atomic E-state index is 11.2. The minimum atomic E-state index is -0.715. The predicted molar refractivity (Wildman–Crippen MR) is 107 cm³/mol. The van der Waals surface area contributed by atoms with Gasteiger partial charge in [-0.1, -0.05) is 71.6 Å². The molecule has 0 bridgehead atoms. The average Bonchev–Trinajstić information content (AvgIpc) is 3.00. The molecule has 0 radical (unpaired) electrons. The van der Waals surface area contributed by atoms with Crippen molar-refractivity contribution in [1.29, 1.82) is 0 Å². The number of aryl methyl sites for hydroxylation is 1. The Hall–Kier alpha value is -1.32. The Morgan fingerprint density at radius 1 is 1.00 bits per heavy atom. The fourth-order valence-electron chi connectivity index (χ4n) is 3.45. The molecule has 0 spiro atoms. The van der Waals surface area contributed by atoms with Crippen molar-refractivity contribution in [2.45, 2.75) is 111 Å². The average molecular weight is 366 g/mol. The Morgan fingerprint density at radius 3 is 2.15 bits per heavy atom. The van der Waals surface area contributed by atoms with Crippen molar-refractivity contribution in [2.24, 2.45) is 5.92 Å². The van der Waals surface area contributed by atoms with Gasteiger partial charge in [0.05, 0.1) is 12.5 Å². The molecule has 0 aromatic carbocycles. The lowest BCUT2D eigenvalue weighted by Gasteiger charge is -2.08. The molecule has 1 aromatic rings. The first-order chi connectivity index (χ1) is 12.6. The highest BCUT2D eigenvalue weighted by Gasteiger charge is 2.21. The lowest BCUT2D eigenvalue weighted by molar-refractivity contribution is -0.707. The first kappa shape index (κ1) is 22.7. The van der Waals surface area contributed by atoms with Crippen molar-refractivity contribution in [2.75, 3.05) is 0 Å². The van der Waals surface area contributed by atoms with Gasteiger partial charge in [-0.25, -0.2) is 9.13 Å². The van der Waals surface area contributed by atoms with Gasteiger partial charge in [-0.05, 0) is 19.8 Å². The molecule has 0 fully saturated rings. The van der Waals surface area contributed by atoms with E-state index in [1.807, 2.05) is 0 Å². The van der Waals surface area contributed by atoms with E-state index in [-0.39, 0.29) is 5.92 Å². The van der Waals surface area contributed by atoms with Gasteiger partial charge in [-0.2, -0.15) is 0 Å². The number of rotatable bonds is 16. The Morgan fingerprint density at radius 2 is 1.58 bits per heavy atom. The van der Waals surface area contributed by atoms with Crippen molar-refractivity contribution < 1.29 is 14.5 Å². The molecule has 150 valence electrons. The van der Waals surface area contributed by atoms with E-state index in [0.29, 0.717) is 6.54 Å². The number of carboxylic acid groups (broad SMARTS) is 1. The van der Waals surface area contributed by atoms with E-state index < -0.39 is 5.97 Å². The maximum Gasteiger partial charge on any atom is 0.310 e. The summed E-state index contributed by atoms with van der Waals surface area (Å²) in [7, 11) is 0. The number of aliphatic carboxylic acids is 1. The highest BCUT2D eigenvalue weighted by atomic mass is 16.4. The van der Waals surface area contributed by atoms with Gasteiger partial charge in [0.2, 0.25) is 0 Å². The zero-order chi connectivity index (χ0) is 19.2. The minimum Gasteiger partial charge on any atom is -0.481 e. The molecule has 1 N–H and O–H groups in total. The monoisotopic (exact) mass is 365 g/mol. The second-order valence-corrected chi connectivity index (χ2v) is 7.73. The molecule has 26 heavy (non-hydrogen) atoms. The largest absolute Gasteiger partial charge is 0.481 e. The molecule has 0 aliphatic heterocycles. The third kappa shape index (κ3) is 8.86. The number of hydrogen-bond donors (Lipinski definition) is 1. The lowest BCUT2D eigenvalue weighted by Crippen LogP contribution is -2.42. The molecule has 0 amide bonds. The molecule has 1 aromatic heterocycles. The molecule has 1 atom stereocenters. The molecule has 4 heteroatoms. The van der Waals surface area contributed by atoms with Crippen molar-refractivity contribution in [3.8, 4) is 0 Å². The highest BCUT2D eigenvalue weighted by molar-refractivity contribution is 5.69. The van der Waals surface area contributed by atoms with Gasteiger partial charge < -0.3 is 5.11 Å². The summed E-state index contributed by atoms with van der Waals surface area (Å²) >= 11 is 0. The first-order valence-electron chi connectivity index (χ1n) is 10.9. The van der Waals surface area contributed by atoms with Crippen molar-refractivity contribution in [3.05, 3.63) is 18.2 Å². The third-order valence-corrected chi connectivity index (χ3v) is 5.24. The van der Waals surface area contributed by atoms with Gasteiger partial charge >= 0.3 is 5.97 Å². The summed E-state index contributed by atoms with van der Waals surface area (Å²) in [6.45, 7) is 7.88. The Bertz CT molecular complexity index is 496. The van der Waals surface area contributed by atoms with Crippen LogP contribution in [-0.2, 0) is 24.3 Å². The SMILES string of the molecule is CCCCCCCCCCCc1n(CCCC)cc[n+]1CC(C)C(=O)O. The van der Waals surface area contributed by atoms with E-state index >= 15 is 0 Å². The lowest BCUT2D eigenvalue weighted by atomic mass is 10.1. The maximum absolute atomic E-state index is 11.2. The van der Waals surface area contributed by atoms with Crippen molar-refractivity contribution in [1.82, 2.24) is 4.57 Å². The van der Waals surface area contributed by atoms with Crippen LogP contribution in [0.4, 0.5) is 0 Å². The molecule has 0 aliphatic carbocycles. The minimum absolute atomic E-state index is 0.344. The molecule has 0 saturated heterocycles. The quantitative estimate of drug-likeness (QED) is 0.316. The number of carbonyl (C=O) groups is 1. The Kier molecular flexibility index (Phi) is 12.1. The van der Waals surface area contributed by atoms with E-state index in [2.05, 4.69) is 35.4 Å². The normalized spacial score (nSPS) is 12.4. The Balaban J connectivity index is 2.43. The number of nitrogens with zero attached hydrogens (tertiary/aromatic N) is 2. The van der Waals surface area contributed by atoms with Gasteiger partial charge in [0.15, 0.2) is 0 Å². The summed E-state index contributed by atoms with van der Waals surface area (Å²) in [4.78, 5) is 11.2. The molecular weight excluding hydrogens is 324 g/mol. The summed E-state index contributed by atoms with van der Waals surface area (Å²) in [5.41, 5.74) is 0. The molecule has 1 heterocycles. The summed E-state index contributed by atoms with van der Waals surface area (Å²) in [6.07, 6.45) is 19.6. The second-order valence-electron chi connectivity index (χ2n) is 7.73. The van der Waals surface area contributed by atoms with Crippen LogP contribution in [0.5, 0.6) is 0 Å². The molecule has 1 unspecified atom stereocenters. The first-order valence-corrected chi connectivity index (χ1v) is 10.9. The van der Waals surface area contributed by atoms with Crippen LogP contribution in [0, 0.1) is 5.92 Å². The fraction of sp³-hybridized carbons (Fsp3) is 0.818.